The molecule has 0 aromatic carbocycles. The maximum atomic E-state index is 3.13. The van der Waals surface area contributed by atoms with Crippen LogP contribution in [-0.4, -0.2) is 5.10 Å². The van der Waals surface area contributed by atoms with Crippen molar-refractivity contribution in [3.8, 4) is 0 Å². The minimum atomic E-state index is 0.588. The average molecular weight is 161 g/mol. The van der Waals surface area contributed by atoms with E-state index in [-0.39, 0.29) is 0 Å². The zero-order valence-corrected chi connectivity index (χ0v) is 7.41. The largest absolute Gasteiger partial charge is 0.237 e. The van der Waals surface area contributed by atoms with Crippen LogP contribution < -0.4 is 4.52 Å². The lowest BCUT2D eigenvalue weighted by Gasteiger charge is -1.99. The van der Waals surface area contributed by atoms with Gasteiger partial charge in [0, 0.05) is 17.7 Å². The van der Waals surface area contributed by atoms with Gasteiger partial charge in [-0.05, 0) is 12.0 Å². The number of hydrogen-bond donors (Lipinski definition) is 1. The van der Waals surface area contributed by atoms with Crippen molar-refractivity contribution in [1.82, 2.24) is 5.10 Å². The molecule has 2 heteroatoms. The van der Waals surface area contributed by atoms with Crippen molar-refractivity contribution in [2.45, 2.75) is 19.8 Å². The summed E-state index contributed by atoms with van der Waals surface area (Å²) in [5.74, 6) is 0.588. The fourth-order valence-corrected chi connectivity index (χ4v) is 1.32. The Bertz CT molecular complexity index is 387. The zero-order chi connectivity index (χ0) is 8.55. The highest BCUT2D eigenvalue weighted by molar-refractivity contribution is 5.38. The Kier molecular flexibility index (Phi) is 1.61. The fourth-order valence-electron chi connectivity index (χ4n) is 1.32. The number of hydrogen-bond acceptors (Lipinski definition) is 0. The highest BCUT2D eigenvalue weighted by Gasteiger charge is 2.06. The SMILES string of the molecule is CC(C)c1ccc2cc[nH][n+]2c1. The quantitative estimate of drug-likeness (QED) is 0.616. The molecule has 0 spiro atoms. The first kappa shape index (κ1) is 7.35. The summed E-state index contributed by atoms with van der Waals surface area (Å²) >= 11 is 0. The summed E-state index contributed by atoms with van der Waals surface area (Å²) in [6.07, 6.45) is 4.08. The predicted octanol–water partition coefficient (Wildman–Crippen LogP) is 1.88. The molecule has 12 heavy (non-hydrogen) atoms. The minimum Gasteiger partial charge on any atom is -0.167 e. The van der Waals surface area contributed by atoms with Crippen LogP contribution in [0, 0.1) is 0 Å². The molecule has 0 saturated heterocycles. The van der Waals surface area contributed by atoms with Crippen molar-refractivity contribution < 1.29 is 4.52 Å². The number of H-pyrrole nitrogens is 1. The van der Waals surface area contributed by atoms with Crippen molar-refractivity contribution in [2.75, 3.05) is 0 Å². The molecular weight excluding hydrogens is 148 g/mol. The molecule has 0 unspecified atom stereocenters. The summed E-state index contributed by atoms with van der Waals surface area (Å²) in [6.45, 7) is 4.40. The fraction of sp³-hybridized carbons (Fsp3) is 0.300. The normalized spacial score (nSPS) is 11.2. The molecule has 2 rings (SSSR count). The van der Waals surface area contributed by atoms with Crippen LogP contribution in [0.2, 0.25) is 0 Å². The van der Waals surface area contributed by atoms with Crippen molar-refractivity contribution in [1.29, 1.82) is 0 Å². The van der Waals surface area contributed by atoms with Crippen LogP contribution in [-0.2, 0) is 0 Å². The highest BCUT2D eigenvalue weighted by Crippen LogP contribution is 2.11. The van der Waals surface area contributed by atoms with Crippen molar-refractivity contribution in [3.05, 3.63) is 36.2 Å². The second-order valence-corrected chi connectivity index (χ2v) is 3.37. The van der Waals surface area contributed by atoms with E-state index in [1.807, 2.05) is 10.7 Å². The zero-order valence-electron chi connectivity index (χ0n) is 7.41. The lowest BCUT2D eigenvalue weighted by molar-refractivity contribution is -0.577. The molecule has 0 aliphatic heterocycles. The predicted molar refractivity (Wildman–Crippen MR) is 48.0 cm³/mol. The van der Waals surface area contributed by atoms with E-state index in [1.165, 1.54) is 11.1 Å². The third-order valence-corrected chi connectivity index (χ3v) is 2.14. The maximum absolute atomic E-state index is 3.13. The van der Waals surface area contributed by atoms with Crippen molar-refractivity contribution >= 4 is 5.52 Å². The minimum absolute atomic E-state index is 0.588. The molecule has 2 aromatic rings. The maximum Gasteiger partial charge on any atom is 0.237 e. The summed E-state index contributed by atoms with van der Waals surface area (Å²) in [7, 11) is 0. The van der Waals surface area contributed by atoms with E-state index in [2.05, 4.69) is 43.3 Å². The number of aromatic nitrogens is 2. The van der Waals surface area contributed by atoms with Gasteiger partial charge in [-0.25, -0.2) is 0 Å². The number of nitrogens with zero attached hydrogens (tertiary/aromatic N) is 1. The van der Waals surface area contributed by atoms with E-state index in [4.69, 9.17) is 0 Å². The van der Waals surface area contributed by atoms with E-state index < -0.39 is 0 Å². The van der Waals surface area contributed by atoms with Gasteiger partial charge in [0.25, 0.3) is 0 Å². The van der Waals surface area contributed by atoms with Gasteiger partial charge < -0.3 is 0 Å². The molecule has 0 fully saturated rings. The Balaban J connectivity index is 2.60. The van der Waals surface area contributed by atoms with Gasteiger partial charge in [-0.15, -0.1) is 0 Å². The van der Waals surface area contributed by atoms with E-state index in [1.54, 1.807) is 0 Å². The summed E-state index contributed by atoms with van der Waals surface area (Å²) in [6, 6.07) is 6.36. The molecule has 0 aliphatic carbocycles. The molecule has 2 heterocycles. The van der Waals surface area contributed by atoms with Gasteiger partial charge >= 0.3 is 0 Å². The molecule has 1 N–H and O–H groups in total. The number of nitrogens with one attached hydrogen (secondary N) is 1. The monoisotopic (exact) mass is 161 g/mol. The molecule has 62 valence electrons. The van der Waals surface area contributed by atoms with Gasteiger partial charge in [-0.1, -0.05) is 18.4 Å². The van der Waals surface area contributed by atoms with Crippen LogP contribution >= 0.6 is 0 Å². The second-order valence-electron chi connectivity index (χ2n) is 3.37. The number of aromatic amines is 1. The number of fused-ring (bicyclic) bond motifs is 1. The van der Waals surface area contributed by atoms with Gasteiger partial charge in [-0.2, -0.15) is 5.10 Å². The van der Waals surface area contributed by atoms with Crippen LogP contribution in [0.1, 0.15) is 25.3 Å². The smallest absolute Gasteiger partial charge is 0.167 e. The van der Waals surface area contributed by atoms with E-state index >= 15 is 0 Å². The highest BCUT2D eigenvalue weighted by atomic mass is 15.2. The van der Waals surface area contributed by atoms with Gasteiger partial charge in [0.05, 0.1) is 6.20 Å². The van der Waals surface area contributed by atoms with Gasteiger partial charge in [-0.3, -0.25) is 0 Å². The molecule has 2 nitrogen and oxygen atoms in total. The molecular formula is C10H13N2+. The summed E-state index contributed by atoms with van der Waals surface area (Å²) < 4.78 is 2.04. The molecule has 0 aliphatic rings. The third-order valence-electron chi connectivity index (χ3n) is 2.14. The Morgan fingerprint density at radius 2 is 2.08 bits per heavy atom. The summed E-state index contributed by atoms with van der Waals surface area (Å²) in [4.78, 5) is 0. The lowest BCUT2D eigenvalue weighted by atomic mass is 10.1. The van der Waals surface area contributed by atoms with Crippen molar-refractivity contribution in [3.63, 3.8) is 0 Å². The Labute approximate surface area is 71.8 Å². The molecule has 2 aromatic heterocycles. The Hall–Kier alpha value is -1.31. The van der Waals surface area contributed by atoms with Gasteiger partial charge in [0.15, 0.2) is 0 Å². The van der Waals surface area contributed by atoms with Crippen LogP contribution in [0.5, 0.6) is 0 Å². The number of rotatable bonds is 1. The first-order chi connectivity index (χ1) is 5.77. The van der Waals surface area contributed by atoms with E-state index in [0.717, 1.165) is 0 Å². The molecule has 0 atom stereocenters. The second kappa shape index (κ2) is 2.63. The topological polar surface area (TPSA) is 19.9 Å². The Morgan fingerprint density at radius 3 is 2.83 bits per heavy atom. The summed E-state index contributed by atoms with van der Waals surface area (Å²) in [5, 5.41) is 3.13. The third kappa shape index (κ3) is 1.09. The van der Waals surface area contributed by atoms with E-state index in [9.17, 15) is 0 Å². The molecule has 0 saturated carbocycles. The summed E-state index contributed by atoms with van der Waals surface area (Å²) in [5.41, 5.74) is 2.56. The first-order valence-electron chi connectivity index (χ1n) is 4.26. The van der Waals surface area contributed by atoms with Crippen molar-refractivity contribution in [2.24, 2.45) is 0 Å². The van der Waals surface area contributed by atoms with Gasteiger partial charge in [0.1, 0.15) is 0 Å². The van der Waals surface area contributed by atoms with Crippen LogP contribution in [0.4, 0.5) is 0 Å². The first-order valence-corrected chi connectivity index (χ1v) is 4.26. The van der Waals surface area contributed by atoms with Crippen LogP contribution in [0.15, 0.2) is 30.6 Å². The van der Waals surface area contributed by atoms with Crippen LogP contribution in [0.3, 0.4) is 0 Å². The van der Waals surface area contributed by atoms with Gasteiger partial charge in [0.2, 0.25) is 11.7 Å². The van der Waals surface area contributed by atoms with E-state index in [0.29, 0.717) is 5.92 Å². The molecule has 0 bridgehead atoms. The number of pyridine rings is 1. The molecule has 0 radical (unpaired) electrons. The lowest BCUT2D eigenvalue weighted by Crippen LogP contribution is -2.22. The standard InChI is InChI=1S/C10H12N2/c1-8(2)9-3-4-10-5-6-11-12(10)7-9/h3-8H,1-2H3/p+1. The van der Waals surface area contributed by atoms with Crippen LogP contribution in [0.25, 0.3) is 5.52 Å². The average Bonchev–Trinajstić information content (AvgIpc) is 2.49. The Morgan fingerprint density at radius 1 is 1.25 bits per heavy atom. The molecule has 0 amide bonds.